The van der Waals surface area contributed by atoms with Gasteiger partial charge in [-0.1, -0.05) is 12.5 Å². The number of morpholine rings is 1. The zero-order valence-electron chi connectivity index (χ0n) is 19.1. The van der Waals surface area contributed by atoms with Gasteiger partial charge in [0, 0.05) is 43.5 Å². The summed E-state index contributed by atoms with van der Waals surface area (Å²) in [5.41, 5.74) is 1.85. The first-order chi connectivity index (χ1) is 16.5. The van der Waals surface area contributed by atoms with Gasteiger partial charge in [-0.2, -0.15) is 0 Å². The summed E-state index contributed by atoms with van der Waals surface area (Å²) in [6, 6.07) is 12.4. The highest BCUT2D eigenvalue weighted by atomic mass is 32.2. The highest BCUT2D eigenvalue weighted by molar-refractivity contribution is 7.89. The summed E-state index contributed by atoms with van der Waals surface area (Å²) >= 11 is 0. The van der Waals surface area contributed by atoms with Crippen LogP contribution >= 0.6 is 0 Å². The molecule has 0 aromatic heterocycles. The fourth-order valence-corrected chi connectivity index (χ4v) is 4.98. The van der Waals surface area contributed by atoms with Crippen molar-refractivity contribution in [3.8, 4) is 11.5 Å². The summed E-state index contributed by atoms with van der Waals surface area (Å²) < 4.78 is 43.9. The van der Waals surface area contributed by atoms with Crippen LogP contribution in [0.4, 0.5) is 11.4 Å². The number of ether oxygens (including phenoxy) is 3. The third kappa shape index (κ3) is 6.62. The summed E-state index contributed by atoms with van der Waals surface area (Å²) in [5.74, 6) is 0.947. The van der Waals surface area contributed by atoms with E-state index in [2.05, 4.69) is 14.9 Å². The van der Waals surface area contributed by atoms with Gasteiger partial charge >= 0.3 is 0 Å². The van der Waals surface area contributed by atoms with Crippen LogP contribution in [0.3, 0.4) is 0 Å². The molecule has 0 spiro atoms. The second kappa shape index (κ2) is 11.5. The van der Waals surface area contributed by atoms with Crippen LogP contribution in [0.5, 0.6) is 11.5 Å². The van der Waals surface area contributed by atoms with Crippen molar-refractivity contribution < 1.29 is 27.4 Å². The molecule has 1 fully saturated rings. The second-order valence-electron chi connectivity index (χ2n) is 8.21. The number of nitrogens with zero attached hydrogens (tertiary/aromatic N) is 1. The molecule has 2 N–H and O–H groups in total. The molecule has 34 heavy (non-hydrogen) atoms. The van der Waals surface area contributed by atoms with Crippen molar-refractivity contribution in [1.29, 1.82) is 0 Å². The predicted octanol–water partition coefficient (Wildman–Crippen LogP) is 2.77. The molecule has 0 atom stereocenters. The van der Waals surface area contributed by atoms with E-state index in [1.165, 1.54) is 12.1 Å². The van der Waals surface area contributed by atoms with Gasteiger partial charge in [-0.05, 0) is 43.2 Å². The number of benzene rings is 2. The Kier molecular flexibility index (Phi) is 8.25. The highest BCUT2D eigenvalue weighted by Gasteiger charge is 2.19. The molecule has 2 heterocycles. The van der Waals surface area contributed by atoms with Crippen LogP contribution in [-0.2, 0) is 19.6 Å². The van der Waals surface area contributed by atoms with E-state index in [4.69, 9.17) is 14.2 Å². The van der Waals surface area contributed by atoms with Crippen molar-refractivity contribution in [1.82, 2.24) is 4.72 Å². The molecule has 2 aromatic rings. The molecule has 2 aromatic carbocycles. The van der Waals surface area contributed by atoms with Gasteiger partial charge in [-0.15, -0.1) is 0 Å². The maximum Gasteiger partial charge on any atom is 0.240 e. The Hall–Kier alpha value is -2.82. The first-order valence-electron chi connectivity index (χ1n) is 11.6. The Balaban J connectivity index is 1.15. The molecule has 1 saturated heterocycles. The third-order valence-corrected chi connectivity index (χ3v) is 7.16. The maximum absolute atomic E-state index is 12.5. The minimum Gasteiger partial charge on any atom is -0.486 e. The molecule has 4 rings (SSSR count). The van der Waals surface area contributed by atoms with Crippen molar-refractivity contribution in [2.45, 2.75) is 30.6 Å². The number of amides is 1. The Bertz CT molecular complexity index is 1090. The van der Waals surface area contributed by atoms with Crippen molar-refractivity contribution in [3.05, 3.63) is 42.5 Å². The predicted molar refractivity (Wildman–Crippen MR) is 129 cm³/mol. The van der Waals surface area contributed by atoms with E-state index in [0.717, 1.165) is 30.9 Å². The van der Waals surface area contributed by atoms with E-state index in [-0.39, 0.29) is 10.8 Å². The van der Waals surface area contributed by atoms with E-state index in [1.807, 2.05) is 24.3 Å². The maximum atomic E-state index is 12.5. The van der Waals surface area contributed by atoms with Gasteiger partial charge in [0.1, 0.15) is 13.2 Å². The van der Waals surface area contributed by atoms with Crippen LogP contribution in [0.15, 0.2) is 47.4 Å². The normalized spacial score (nSPS) is 15.7. The molecule has 1 amide bonds. The standard InChI is InChI=1S/C24H31N3O6S/c28-24(26-19-5-4-6-20(17-19)27-11-13-31-14-12-27)7-2-1-3-10-25-34(29,30)21-8-9-22-23(18-21)33-16-15-32-22/h4-6,8-9,17-18,25H,1-3,7,10-16H2,(H,26,28). The Morgan fingerprint density at radius 1 is 0.912 bits per heavy atom. The van der Waals surface area contributed by atoms with E-state index in [0.29, 0.717) is 63.7 Å². The molecule has 0 saturated carbocycles. The van der Waals surface area contributed by atoms with Crippen LogP contribution in [0, 0.1) is 0 Å². The number of nitrogens with one attached hydrogen (secondary N) is 2. The largest absolute Gasteiger partial charge is 0.486 e. The monoisotopic (exact) mass is 489 g/mol. The molecule has 0 unspecified atom stereocenters. The highest BCUT2D eigenvalue weighted by Crippen LogP contribution is 2.32. The molecule has 10 heteroatoms. The van der Waals surface area contributed by atoms with Gasteiger partial charge in [0.15, 0.2) is 11.5 Å². The first-order valence-corrected chi connectivity index (χ1v) is 13.1. The van der Waals surface area contributed by atoms with Crippen molar-refractivity contribution in [3.63, 3.8) is 0 Å². The zero-order chi connectivity index (χ0) is 23.8. The van der Waals surface area contributed by atoms with Crippen molar-refractivity contribution in [2.75, 3.05) is 56.3 Å². The molecular formula is C24H31N3O6S. The van der Waals surface area contributed by atoms with Gasteiger partial charge < -0.3 is 24.4 Å². The molecule has 2 aliphatic heterocycles. The lowest BCUT2D eigenvalue weighted by atomic mass is 10.2. The van der Waals surface area contributed by atoms with E-state index >= 15 is 0 Å². The summed E-state index contributed by atoms with van der Waals surface area (Å²) in [4.78, 5) is 14.7. The lowest BCUT2D eigenvalue weighted by Gasteiger charge is -2.29. The number of rotatable bonds is 10. The number of fused-ring (bicyclic) bond motifs is 1. The smallest absolute Gasteiger partial charge is 0.240 e. The number of carbonyl (C=O) groups is 1. The molecule has 9 nitrogen and oxygen atoms in total. The quantitative estimate of drug-likeness (QED) is 0.494. The lowest BCUT2D eigenvalue weighted by Crippen LogP contribution is -2.36. The molecule has 0 bridgehead atoms. The number of hydrogen-bond donors (Lipinski definition) is 2. The Morgan fingerprint density at radius 2 is 1.71 bits per heavy atom. The van der Waals surface area contributed by atoms with Gasteiger partial charge in [-0.25, -0.2) is 13.1 Å². The summed E-state index contributed by atoms with van der Waals surface area (Å²) in [6.07, 6.45) is 2.45. The molecular weight excluding hydrogens is 458 g/mol. The summed E-state index contributed by atoms with van der Waals surface area (Å²) in [6.45, 7) is 4.27. The van der Waals surface area contributed by atoms with Crippen LogP contribution in [0.1, 0.15) is 25.7 Å². The Labute approximate surface area is 200 Å². The fourth-order valence-electron chi connectivity index (χ4n) is 3.89. The third-order valence-electron chi connectivity index (χ3n) is 5.70. The van der Waals surface area contributed by atoms with Gasteiger partial charge in [0.25, 0.3) is 0 Å². The van der Waals surface area contributed by atoms with Crippen LogP contribution in [0.2, 0.25) is 0 Å². The zero-order valence-corrected chi connectivity index (χ0v) is 19.9. The molecule has 0 radical (unpaired) electrons. The van der Waals surface area contributed by atoms with Crippen LogP contribution < -0.4 is 24.4 Å². The van der Waals surface area contributed by atoms with E-state index in [9.17, 15) is 13.2 Å². The van der Waals surface area contributed by atoms with Gasteiger partial charge in [0.2, 0.25) is 15.9 Å². The fraction of sp³-hybridized carbons (Fsp3) is 0.458. The Morgan fingerprint density at radius 3 is 2.53 bits per heavy atom. The number of sulfonamides is 1. The van der Waals surface area contributed by atoms with Crippen LogP contribution in [0.25, 0.3) is 0 Å². The second-order valence-corrected chi connectivity index (χ2v) is 9.98. The summed E-state index contributed by atoms with van der Waals surface area (Å²) in [5, 5.41) is 2.95. The lowest BCUT2D eigenvalue weighted by molar-refractivity contribution is -0.116. The van der Waals surface area contributed by atoms with Crippen LogP contribution in [-0.4, -0.2) is 60.4 Å². The first kappa shape index (κ1) is 24.3. The van der Waals surface area contributed by atoms with E-state index < -0.39 is 10.0 Å². The van der Waals surface area contributed by atoms with Crippen molar-refractivity contribution >= 4 is 27.3 Å². The number of anilines is 2. The molecule has 2 aliphatic rings. The topological polar surface area (TPSA) is 106 Å². The summed E-state index contributed by atoms with van der Waals surface area (Å²) in [7, 11) is -3.63. The molecule has 0 aliphatic carbocycles. The average Bonchev–Trinajstić information content (AvgIpc) is 2.86. The minimum atomic E-state index is -3.63. The average molecular weight is 490 g/mol. The molecule has 184 valence electrons. The van der Waals surface area contributed by atoms with E-state index in [1.54, 1.807) is 6.07 Å². The van der Waals surface area contributed by atoms with Gasteiger partial charge in [-0.3, -0.25) is 4.79 Å². The minimum absolute atomic E-state index is 0.0454. The number of unbranched alkanes of at least 4 members (excludes halogenated alkanes) is 2. The number of hydrogen-bond acceptors (Lipinski definition) is 7. The number of carbonyl (C=O) groups excluding carboxylic acids is 1. The van der Waals surface area contributed by atoms with Crippen molar-refractivity contribution in [2.24, 2.45) is 0 Å². The van der Waals surface area contributed by atoms with Gasteiger partial charge in [0.05, 0.1) is 18.1 Å². The SMILES string of the molecule is O=C(CCCCCNS(=O)(=O)c1ccc2c(c1)OCCO2)Nc1cccc(N2CCOCC2)c1.